The molecule has 11 heteroatoms. The first-order valence-corrected chi connectivity index (χ1v) is 14.0. The largest absolute Gasteiger partial charge is 0.471 e. The lowest BCUT2D eigenvalue weighted by molar-refractivity contribution is -0.750. The number of halogens is 3. The van der Waals surface area contributed by atoms with Crippen LogP contribution in [0.4, 0.5) is 13.2 Å². The van der Waals surface area contributed by atoms with Gasteiger partial charge in [0.15, 0.2) is 0 Å². The molecule has 4 heterocycles. The van der Waals surface area contributed by atoms with Gasteiger partial charge in [0.1, 0.15) is 11.9 Å². The number of allylic oxidation sites excluding steroid dienone is 2. The molecule has 1 unspecified atom stereocenters. The van der Waals surface area contributed by atoms with Crippen molar-refractivity contribution in [1.29, 1.82) is 0 Å². The fraction of sp³-hybridized carbons (Fsp3) is 0.290. The van der Waals surface area contributed by atoms with Crippen LogP contribution in [0, 0.1) is 5.92 Å². The van der Waals surface area contributed by atoms with Crippen LogP contribution in [0.1, 0.15) is 18.4 Å². The summed E-state index contributed by atoms with van der Waals surface area (Å²) in [5.41, 5.74) is 5.37. The molecule has 1 saturated heterocycles. The van der Waals surface area contributed by atoms with Crippen LogP contribution in [0.15, 0.2) is 94.4 Å². The number of amidine groups is 1. The minimum atomic E-state index is -4.83. The van der Waals surface area contributed by atoms with Gasteiger partial charge < -0.3 is 4.90 Å². The van der Waals surface area contributed by atoms with E-state index < -0.39 is 12.1 Å². The normalized spacial score (nSPS) is 25.9. The lowest BCUT2D eigenvalue weighted by Gasteiger charge is -2.46. The molecule has 2 aromatic carbocycles. The van der Waals surface area contributed by atoms with E-state index in [1.54, 1.807) is 12.4 Å². The molecule has 2 fully saturated rings. The van der Waals surface area contributed by atoms with Crippen molar-refractivity contribution in [1.82, 2.24) is 14.8 Å². The quantitative estimate of drug-likeness (QED) is 0.366. The number of quaternary nitrogens is 1. The third kappa shape index (κ3) is 4.54. The van der Waals surface area contributed by atoms with Crippen LogP contribution in [0.3, 0.4) is 0 Å². The van der Waals surface area contributed by atoms with Crippen LogP contribution in [-0.4, -0.2) is 75.7 Å². The number of pyridine rings is 1. The fourth-order valence-corrected chi connectivity index (χ4v) is 6.31. The predicted molar refractivity (Wildman–Crippen MR) is 154 cm³/mol. The monoisotopic (exact) mass is 572 g/mol. The Bertz CT molecular complexity index is 1680. The number of aliphatic imine (C=N–C) groups is 2. The molecule has 7 rings (SSSR count). The number of carbonyl (C=O) groups excluding carboxylic acids is 1. The molecule has 1 saturated carbocycles. The fourth-order valence-electron chi connectivity index (χ4n) is 6.31. The molecular weight excluding hydrogens is 543 g/mol. The molecule has 42 heavy (non-hydrogen) atoms. The second-order valence-corrected chi connectivity index (χ2v) is 11.2. The highest BCUT2D eigenvalue weighted by molar-refractivity contribution is 6.02. The van der Waals surface area contributed by atoms with E-state index in [-0.39, 0.29) is 29.6 Å². The standard InChI is InChI=1S/C31H29F3N7O/c32-31(33,34)30(42)40-13-11-39(12-14-40)24-16-23(17-24)28-27-19-36-10-15-41(27,35)29(38-28)22-7-6-21-8-9-25(37-26(21)18-22)20-4-2-1-3-5-20/h1-10,15,18-19,23-24H,11-14,16-17,35H2/q+1. The van der Waals surface area contributed by atoms with Crippen LogP contribution in [0.25, 0.3) is 22.2 Å². The summed E-state index contributed by atoms with van der Waals surface area (Å²) < 4.78 is 38.4. The summed E-state index contributed by atoms with van der Waals surface area (Å²) >= 11 is 0. The molecule has 3 aromatic rings. The van der Waals surface area contributed by atoms with E-state index in [2.05, 4.69) is 16.0 Å². The van der Waals surface area contributed by atoms with Gasteiger partial charge in [-0.1, -0.05) is 42.5 Å². The Morgan fingerprint density at radius 2 is 1.69 bits per heavy atom. The Hall–Kier alpha value is -4.19. The van der Waals surface area contributed by atoms with Gasteiger partial charge >= 0.3 is 12.1 Å². The maximum absolute atomic E-state index is 12.8. The van der Waals surface area contributed by atoms with E-state index in [1.807, 2.05) is 60.8 Å². The Balaban J connectivity index is 1.11. The molecule has 214 valence electrons. The van der Waals surface area contributed by atoms with Gasteiger partial charge in [-0.25, -0.2) is 4.98 Å². The molecule has 0 radical (unpaired) electrons. The van der Waals surface area contributed by atoms with E-state index in [0.29, 0.717) is 18.9 Å². The zero-order valence-corrected chi connectivity index (χ0v) is 22.7. The highest BCUT2D eigenvalue weighted by Gasteiger charge is 2.49. The topological polar surface area (TPSA) is 87.2 Å². The Morgan fingerprint density at radius 1 is 0.952 bits per heavy atom. The van der Waals surface area contributed by atoms with Crippen molar-refractivity contribution in [2.24, 2.45) is 21.7 Å². The van der Waals surface area contributed by atoms with E-state index >= 15 is 0 Å². The zero-order chi connectivity index (χ0) is 29.1. The lowest BCUT2D eigenvalue weighted by Crippen LogP contribution is -2.57. The molecule has 2 N–H and O–H groups in total. The molecule has 1 aromatic heterocycles. The summed E-state index contributed by atoms with van der Waals surface area (Å²) in [4.78, 5) is 29.1. The number of piperazine rings is 1. The van der Waals surface area contributed by atoms with Gasteiger partial charge in [-0.3, -0.25) is 14.7 Å². The number of benzene rings is 2. The number of alkyl halides is 3. The molecule has 3 aliphatic heterocycles. The minimum Gasteiger partial charge on any atom is -0.332 e. The smallest absolute Gasteiger partial charge is 0.332 e. The minimum absolute atomic E-state index is 0.0812. The van der Waals surface area contributed by atoms with Crippen LogP contribution < -0.4 is 5.84 Å². The van der Waals surface area contributed by atoms with Crippen LogP contribution in [-0.2, 0) is 4.79 Å². The van der Waals surface area contributed by atoms with Crippen molar-refractivity contribution >= 4 is 28.9 Å². The van der Waals surface area contributed by atoms with Crippen molar-refractivity contribution in [2.75, 3.05) is 26.2 Å². The molecule has 0 spiro atoms. The maximum atomic E-state index is 12.8. The third-order valence-electron chi connectivity index (χ3n) is 8.70. The average Bonchev–Trinajstić information content (AvgIpc) is 3.28. The van der Waals surface area contributed by atoms with Gasteiger partial charge in [0, 0.05) is 49.1 Å². The summed E-state index contributed by atoms with van der Waals surface area (Å²) in [6, 6.07) is 20.4. The second-order valence-electron chi connectivity index (χ2n) is 11.2. The van der Waals surface area contributed by atoms with Crippen LogP contribution >= 0.6 is 0 Å². The summed E-state index contributed by atoms with van der Waals surface area (Å²) in [7, 11) is 0. The molecule has 1 amide bonds. The molecule has 0 bridgehead atoms. The number of aromatic nitrogens is 1. The van der Waals surface area contributed by atoms with Crippen molar-refractivity contribution in [2.45, 2.75) is 25.1 Å². The van der Waals surface area contributed by atoms with Gasteiger partial charge in [-0.2, -0.15) is 24.0 Å². The van der Waals surface area contributed by atoms with E-state index in [9.17, 15) is 18.0 Å². The van der Waals surface area contributed by atoms with Crippen LogP contribution in [0.5, 0.6) is 0 Å². The number of fused-ring (bicyclic) bond motifs is 2. The van der Waals surface area contributed by atoms with Gasteiger partial charge in [0.25, 0.3) is 5.84 Å². The first-order valence-electron chi connectivity index (χ1n) is 14.0. The van der Waals surface area contributed by atoms with Gasteiger partial charge in [0.2, 0.25) is 5.70 Å². The summed E-state index contributed by atoms with van der Waals surface area (Å²) in [5, 5.41) is 1.02. The first kappa shape index (κ1) is 26.7. The molecule has 8 nitrogen and oxygen atoms in total. The van der Waals surface area contributed by atoms with Crippen molar-refractivity contribution < 1.29 is 22.6 Å². The number of nitrogens with two attached hydrogens (primary N) is 1. The first-order chi connectivity index (χ1) is 20.2. The number of rotatable bonds is 4. The van der Waals surface area contributed by atoms with E-state index in [0.717, 1.165) is 56.9 Å². The van der Waals surface area contributed by atoms with Gasteiger partial charge in [-0.05, 0) is 31.0 Å². The molecule has 1 aliphatic carbocycles. The van der Waals surface area contributed by atoms with Gasteiger partial charge in [0.05, 0.1) is 29.2 Å². The predicted octanol–water partition coefficient (Wildman–Crippen LogP) is 4.60. The van der Waals surface area contributed by atoms with Crippen molar-refractivity contribution in [3.63, 3.8) is 0 Å². The van der Waals surface area contributed by atoms with Crippen molar-refractivity contribution in [3.05, 3.63) is 90.0 Å². The summed E-state index contributed by atoms with van der Waals surface area (Å²) in [6.45, 7) is 1.02. The molecule has 4 aliphatic rings. The van der Waals surface area contributed by atoms with Crippen LogP contribution in [0.2, 0.25) is 0 Å². The lowest BCUT2D eigenvalue weighted by atomic mass is 9.76. The third-order valence-corrected chi connectivity index (χ3v) is 8.70. The average molecular weight is 573 g/mol. The highest BCUT2D eigenvalue weighted by Crippen LogP contribution is 2.44. The number of hydrogen-bond acceptors (Lipinski definition) is 6. The summed E-state index contributed by atoms with van der Waals surface area (Å²) in [6.07, 6.45) is 2.09. The van der Waals surface area contributed by atoms with E-state index in [1.165, 1.54) is 0 Å². The maximum Gasteiger partial charge on any atom is 0.471 e. The molecular formula is C31H29F3N7O+. The number of carbonyl (C=O) groups is 1. The Morgan fingerprint density at radius 3 is 2.43 bits per heavy atom. The van der Waals surface area contributed by atoms with E-state index in [4.69, 9.17) is 15.8 Å². The number of hydrogen-bond donors (Lipinski definition) is 1. The number of amides is 1. The number of nitrogens with zero attached hydrogens (tertiary/aromatic N) is 6. The van der Waals surface area contributed by atoms with Crippen molar-refractivity contribution in [3.8, 4) is 11.3 Å². The Kier molecular flexibility index (Phi) is 6.34. The van der Waals surface area contributed by atoms with Gasteiger partial charge in [-0.15, -0.1) is 4.59 Å². The highest BCUT2D eigenvalue weighted by atomic mass is 19.4. The zero-order valence-electron chi connectivity index (χ0n) is 22.7. The SMILES string of the molecule is N[N+]12C=CN=CC1=C(C1CC(N3CCN(C(=O)C(F)(F)F)CC3)C1)N=C2c1ccc2ccc(-c3ccccc3)nc2c1. The summed E-state index contributed by atoms with van der Waals surface area (Å²) in [5.74, 6) is 6.07. The Labute approximate surface area is 240 Å². The second kappa shape index (κ2) is 9.97. The molecule has 1 atom stereocenters.